The van der Waals surface area contributed by atoms with Gasteiger partial charge in [-0.1, -0.05) is 6.42 Å². The molecule has 2 aliphatic rings. The molecule has 1 saturated heterocycles. The summed E-state index contributed by atoms with van der Waals surface area (Å²) in [5.41, 5.74) is 0. The van der Waals surface area contributed by atoms with Gasteiger partial charge in [-0.25, -0.2) is 0 Å². The van der Waals surface area contributed by atoms with Gasteiger partial charge < -0.3 is 9.47 Å². The van der Waals surface area contributed by atoms with E-state index < -0.39 is 0 Å². The summed E-state index contributed by atoms with van der Waals surface area (Å²) in [6.07, 6.45) is 6.17. The van der Waals surface area contributed by atoms with E-state index in [1.165, 1.54) is 19.3 Å². The summed E-state index contributed by atoms with van der Waals surface area (Å²) in [5.74, 6) is -0.306. The Bertz CT molecular complexity index is 215. The van der Waals surface area contributed by atoms with Gasteiger partial charge in [0, 0.05) is 12.8 Å². The average Bonchev–Trinajstić information content (AvgIpc) is 2.51. The molecule has 2 rings (SSSR count). The van der Waals surface area contributed by atoms with E-state index in [1.807, 2.05) is 0 Å². The molecule has 0 aromatic carbocycles. The predicted molar refractivity (Wildman–Crippen MR) is 46.9 cm³/mol. The van der Waals surface area contributed by atoms with E-state index in [9.17, 15) is 0 Å². The summed E-state index contributed by atoms with van der Waals surface area (Å²) >= 11 is 0. The third-order valence-electron chi connectivity index (χ3n) is 2.85. The fourth-order valence-electron chi connectivity index (χ4n) is 2.17. The van der Waals surface area contributed by atoms with Crippen LogP contribution in [0.15, 0.2) is 0 Å². The molecular weight excluding hydrogens is 166 g/mol. The van der Waals surface area contributed by atoms with Crippen molar-refractivity contribution in [2.45, 2.75) is 50.4 Å². The largest absolute Gasteiger partial charge is 0.347 e. The highest BCUT2D eigenvalue weighted by molar-refractivity contribution is 4.86. The van der Waals surface area contributed by atoms with Crippen LogP contribution in [-0.4, -0.2) is 18.5 Å². The zero-order valence-electron chi connectivity index (χ0n) is 7.79. The maximum atomic E-state index is 8.53. The van der Waals surface area contributed by atoms with Gasteiger partial charge in [0.25, 0.3) is 0 Å². The predicted octanol–water partition coefficient (Wildman–Crippen LogP) is 1.98. The molecule has 1 saturated carbocycles. The Morgan fingerprint density at radius 1 is 1.31 bits per heavy atom. The SMILES string of the molecule is N#CCC1COC2(CCCCC2)O1. The highest BCUT2D eigenvalue weighted by Crippen LogP contribution is 2.38. The van der Waals surface area contributed by atoms with Gasteiger partial charge in [-0.15, -0.1) is 0 Å². The summed E-state index contributed by atoms with van der Waals surface area (Å²) < 4.78 is 11.5. The van der Waals surface area contributed by atoms with Crippen molar-refractivity contribution in [1.29, 1.82) is 5.26 Å². The van der Waals surface area contributed by atoms with Gasteiger partial charge >= 0.3 is 0 Å². The number of hydrogen-bond acceptors (Lipinski definition) is 3. The first-order valence-electron chi connectivity index (χ1n) is 5.03. The first-order valence-corrected chi connectivity index (χ1v) is 5.03. The number of ether oxygens (including phenoxy) is 2. The van der Waals surface area contributed by atoms with Crippen LogP contribution in [0.25, 0.3) is 0 Å². The van der Waals surface area contributed by atoms with Crippen molar-refractivity contribution >= 4 is 0 Å². The van der Waals surface area contributed by atoms with Crippen LogP contribution in [0.2, 0.25) is 0 Å². The van der Waals surface area contributed by atoms with Gasteiger partial charge in [-0.2, -0.15) is 5.26 Å². The topological polar surface area (TPSA) is 42.2 Å². The Hall–Kier alpha value is -0.590. The molecular formula is C10H15NO2. The quantitative estimate of drug-likeness (QED) is 0.621. The second kappa shape index (κ2) is 3.65. The molecule has 1 aliphatic carbocycles. The van der Waals surface area contributed by atoms with E-state index in [0.717, 1.165) is 12.8 Å². The maximum absolute atomic E-state index is 8.53. The van der Waals surface area contributed by atoms with Crippen LogP contribution >= 0.6 is 0 Å². The van der Waals surface area contributed by atoms with Crippen molar-refractivity contribution < 1.29 is 9.47 Å². The summed E-state index contributed by atoms with van der Waals surface area (Å²) in [4.78, 5) is 0. The molecule has 1 aliphatic heterocycles. The molecule has 0 radical (unpaired) electrons. The molecule has 0 amide bonds. The number of hydrogen-bond donors (Lipinski definition) is 0. The first-order chi connectivity index (χ1) is 6.35. The highest BCUT2D eigenvalue weighted by atomic mass is 16.7. The molecule has 1 atom stereocenters. The van der Waals surface area contributed by atoms with Gasteiger partial charge in [-0.05, 0) is 12.8 Å². The minimum absolute atomic E-state index is 0.0168. The highest BCUT2D eigenvalue weighted by Gasteiger charge is 2.41. The fraction of sp³-hybridized carbons (Fsp3) is 0.900. The molecule has 0 bridgehead atoms. The van der Waals surface area contributed by atoms with Crippen molar-refractivity contribution in [2.75, 3.05) is 6.61 Å². The zero-order chi connectivity index (χ0) is 9.15. The molecule has 13 heavy (non-hydrogen) atoms. The van der Waals surface area contributed by atoms with E-state index in [2.05, 4.69) is 6.07 Å². The lowest BCUT2D eigenvalue weighted by Crippen LogP contribution is -2.33. The van der Waals surface area contributed by atoms with Gasteiger partial charge in [0.1, 0.15) is 0 Å². The minimum atomic E-state index is -0.306. The summed E-state index contributed by atoms with van der Waals surface area (Å²) in [6.45, 7) is 0.605. The van der Waals surface area contributed by atoms with Gasteiger partial charge in [0.15, 0.2) is 5.79 Å². The van der Waals surface area contributed by atoms with Crippen molar-refractivity contribution in [1.82, 2.24) is 0 Å². The van der Waals surface area contributed by atoms with Gasteiger partial charge in [-0.3, -0.25) is 0 Å². The summed E-state index contributed by atoms with van der Waals surface area (Å²) in [7, 11) is 0. The maximum Gasteiger partial charge on any atom is 0.168 e. The Kier molecular flexibility index (Phi) is 2.52. The standard InChI is InChI=1S/C10H15NO2/c11-7-4-9-8-12-10(13-9)5-2-1-3-6-10/h9H,1-6,8H2. The average molecular weight is 181 g/mol. The van der Waals surface area contributed by atoms with Crippen LogP contribution in [0.4, 0.5) is 0 Å². The van der Waals surface area contributed by atoms with Gasteiger partial charge in [0.05, 0.1) is 25.2 Å². The zero-order valence-corrected chi connectivity index (χ0v) is 7.79. The molecule has 1 unspecified atom stereocenters. The van der Waals surface area contributed by atoms with Crippen LogP contribution < -0.4 is 0 Å². The summed E-state index contributed by atoms with van der Waals surface area (Å²) in [6, 6.07) is 2.13. The van der Waals surface area contributed by atoms with Crippen LogP contribution in [0.5, 0.6) is 0 Å². The molecule has 2 fully saturated rings. The van der Waals surface area contributed by atoms with Gasteiger partial charge in [0.2, 0.25) is 0 Å². The molecule has 1 spiro atoms. The molecule has 3 heteroatoms. The van der Waals surface area contributed by atoms with Crippen LogP contribution in [0, 0.1) is 11.3 Å². The minimum Gasteiger partial charge on any atom is -0.347 e. The Morgan fingerprint density at radius 3 is 2.77 bits per heavy atom. The summed E-state index contributed by atoms with van der Waals surface area (Å²) in [5, 5.41) is 8.53. The van der Waals surface area contributed by atoms with Crippen LogP contribution in [0.1, 0.15) is 38.5 Å². The Balaban J connectivity index is 1.91. The van der Waals surface area contributed by atoms with E-state index in [-0.39, 0.29) is 11.9 Å². The number of rotatable bonds is 1. The smallest absolute Gasteiger partial charge is 0.168 e. The first kappa shape index (κ1) is 8.98. The molecule has 1 heterocycles. The van der Waals surface area contributed by atoms with Crippen LogP contribution in [0.3, 0.4) is 0 Å². The lowest BCUT2D eigenvalue weighted by Gasteiger charge is -2.31. The second-order valence-electron chi connectivity index (χ2n) is 3.88. The second-order valence-corrected chi connectivity index (χ2v) is 3.88. The number of nitriles is 1. The third-order valence-corrected chi connectivity index (χ3v) is 2.85. The van der Waals surface area contributed by atoms with E-state index >= 15 is 0 Å². The normalized spacial score (nSPS) is 31.8. The van der Waals surface area contributed by atoms with Crippen molar-refractivity contribution in [3.8, 4) is 6.07 Å². The lowest BCUT2D eigenvalue weighted by atomic mass is 9.94. The molecule has 0 aromatic rings. The lowest BCUT2D eigenvalue weighted by molar-refractivity contribution is -0.186. The molecule has 0 aromatic heterocycles. The fourth-order valence-corrected chi connectivity index (χ4v) is 2.17. The molecule has 3 nitrogen and oxygen atoms in total. The number of nitrogens with zero attached hydrogens (tertiary/aromatic N) is 1. The van der Waals surface area contributed by atoms with Crippen LogP contribution in [-0.2, 0) is 9.47 Å². The van der Waals surface area contributed by atoms with E-state index in [1.54, 1.807) is 0 Å². The monoisotopic (exact) mass is 181 g/mol. The molecule has 72 valence electrons. The Labute approximate surface area is 78.6 Å². The van der Waals surface area contributed by atoms with Crippen molar-refractivity contribution in [3.63, 3.8) is 0 Å². The van der Waals surface area contributed by atoms with Crippen molar-refractivity contribution in [2.24, 2.45) is 0 Å². The van der Waals surface area contributed by atoms with Crippen molar-refractivity contribution in [3.05, 3.63) is 0 Å². The molecule has 0 N–H and O–H groups in total. The Morgan fingerprint density at radius 2 is 2.08 bits per heavy atom. The van der Waals surface area contributed by atoms with E-state index in [0.29, 0.717) is 13.0 Å². The van der Waals surface area contributed by atoms with E-state index in [4.69, 9.17) is 14.7 Å². The third kappa shape index (κ3) is 1.84.